The summed E-state index contributed by atoms with van der Waals surface area (Å²) in [6.45, 7) is 4.29. The highest BCUT2D eigenvalue weighted by molar-refractivity contribution is 6.29. The third-order valence-corrected chi connectivity index (χ3v) is 4.63. The highest BCUT2D eigenvalue weighted by Crippen LogP contribution is 2.33. The Morgan fingerprint density at radius 2 is 2.13 bits per heavy atom. The normalized spacial score (nSPS) is 22.5. The molecule has 2 aliphatic heterocycles. The summed E-state index contributed by atoms with van der Waals surface area (Å²) in [6, 6.07) is 7.36. The first-order valence-electron chi connectivity index (χ1n) is 7.71. The summed E-state index contributed by atoms with van der Waals surface area (Å²) < 4.78 is 5.39. The molecule has 2 heterocycles. The average Bonchev–Trinajstić information content (AvgIpc) is 2.59. The van der Waals surface area contributed by atoms with Crippen LogP contribution in [0.5, 0.6) is 0 Å². The van der Waals surface area contributed by atoms with Gasteiger partial charge in [-0.05, 0) is 34.5 Å². The third-order valence-electron chi connectivity index (χ3n) is 4.26. The van der Waals surface area contributed by atoms with E-state index in [2.05, 4.69) is 16.2 Å². The lowest BCUT2D eigenvalue weighted by atomic mass is 9.99. The summed E-state index contributed by atoms with van der Waals surface area (Å²) >= 11 is 6.42. The lowest BCUT2D eigenvalue weighted by Gasteiger charge is -2.33. The molecule has 122 valence electrons. The first kappa shape index (κ1) is 16.2. The molecule has 0 saturated carbocycles. The predicted octanol–water partition coefficient (Wildman–Crippen LogP) is 3.41. The van der Waals surface area contributed by atoms with Crippen LogP contribution in [0.3, 0.4) is 0 Å². The van der Waals surface area contributed by atoms with E-state index in [1.807, 2.05) is 36.2 Å². The first-order valence-corrected chi connectivity index (χ1v) is 8.09. The molecule has 0 spiro atoms. The molecule has 1 unspecified atom stereocenters. The van der Waals surface area contributed by atoms with Crippen molar-refractivity contribution in [2.45, 2.75) is 6.04 Å². The minimum Gasteiger partial charge on any atom is -0.379 e. The van der Waals surface area contributed by atoms with E-state index in [4.69, 9.17) is 16.3 Å². The Morgan fingerprint density at radius 1 is 1.35 bits per heavy atom. The van der Waals surface area contributed by atoms with Crippen molar-refractivity contribution in [3.05, 3.63) is 57.6 Å². The van der Waals surface area contributed by atoms with Crippen molar-refractivity contribution in [2.24, 2.45) is 5.18 Å². The number of ether oxygens (including phenoxy) is 1. The maximum atomic E-state index is 10.8. The van der Waals surface area contributed by atoms with E-state index in [0.29, 0.717) is 10.8 Å². The Kier molecular flexibility index (Phi) is 5.10. The van der Waals surface area contributed by atoms with Crippen molar-refractivity contribution >= 4 is 17.3 Å². The number of morpholine rings is 1. The van der Waals surface area contributed by atoms with Gasteiger partial charge < -0.3 is 9.64 Å². The minimum absolute atomic E-state index is 0.00485. The standard InChI is InChI=1S/C17H20ClN3O2/c1-20-16(14-3-2-4-15(11-14)19-22)9-13(10-17(20)18)12-21-5-7-23-8-6-21/h2-4,9-11,16H,5-8,12H2,1H3. The fraction of sp³-hybridized carbons (Fsp3) is 0.412. The smallest absolute Gasteiger partial charge is 0.108 e. The molecule has 3 rings (SSSR count). The SMILES string of the molecule is CN1C(Cl)=CC(CN2CCOCC2)=CC1c1cccc(N=O)c1. The Hall–Kier alpha value is -1.69. The maximum absolute atomic E-state index is 10.8. The van der Waals surface area contributed by atoms with Crippen LogP contribution in [0.1, 0.15) is 11.6 Å². The largest absolute Gasteiger partial charge is 0.379 e. The quantitative estimate of drug-likeness (QED) is 0.625. The number of nitroso groups, excluding NO2 is 1. The molecule has 2 aliphatic rings. The average molecular weight is 334 g/mol. The molecule has 6 heteroatoms. The molecule has 1 atom stereocenters. The van der Waals surface area contributed by atoms with Crippen LogP contribution in [0.4, 0.5) is 5.69 Å². The molecule has 0 bridgehead atoms. The Morgan fingerprint density at radius 3 is 2.87 bits per heavy atom. The van der Waals surface area contributed by atoms with E-state index >= 15 is 0 Å². The van der Waals surface area contributed by atoms with Crippen molar-refractivity contribution in [1.29, 1.82) is 0 Å². The summed E-state index contributed by atoms with van der Waals surface area (Å²) in [5.74, 6) is 0. The van der Waals surface area contributed by atoms with Crippen molar-refractivity contribution in [3.63, 3.8) is 0 Å². The molecule has 0 amide bonds. The summed E-state index contributed by atoms with van der Waals surface area (Å²) in [4.78, 5) is 15.1. The zero-order chi connectivity index (χ0) is 16.2. The molecule has 0 aliphatic carbocycles. The number of halogens is 1. The van der Waals surface area contributed by atoms with E-state index < -0.39 is 0 Å². The maximum Gasteiger partial charge on any atom is 0.108 e. The number of hydrogen-bond acceptors (Lipinski definition) is 5. The van der Waals surface area contributed by atoms with Gasteiger partial charge in [0.25, 0.3) is 0 Å². The van der Waals surface area contributed by atoms with Crippen LogP contribution in [-0.4, -0.2) is 49.7 Å². The fourth-order valence-electron chi connectivity index (χ4n) is 2.95. The van der Waals surface area contributed by atoms with Gasteiger partial charge in [0.05, 0.1) is 19.3 Å². The van der Waals surface area contributed by atoms with Crippen molar-refractivity contribution < 1.29 is 4.74 Å². The van der Waals surface area contributed by atoms with Gasteiger partial charge in [-0.15, -0.1) is 4.91 Å². The van der Waals surface area contributed by atoms with Crippen LogP contribution in [0.2, 0.25) is 0 Å². The van der Waals surface area contributed by atoms with Crippen LogP contribution in [-0.2, 0) is 4.74 Å². The minimum atomic E-state index is 0.00485. The Labute approximate surface area is 141 Å². The van der Waals surface area contributed by atoms with Gasteiger partial charge in [-0.2, -0.15) is 0 Å². The molecule has 1 aromatic carbocycles. The zero-order valence-corrected chi connectivity index (χ0v) is 13.9. The molecule has 1 aromatic rings. The fourth-order valence-corrected chi connectivity index (χ4v) is 3.20. The number of rotatable bonds is 4. The van der Waals surface area contributed by atoms with E-state index in [9.17, 15) is 4.91 Å². The van der Waals surface area contributed by atoms with Gasteiger partial charge in [0.2, 0.25) is 0 Å². The molecule has 23 heavy (non-hydrogen) atoms. The molecule has 0 aromatic heterocycles. The van der Waals surface area contributed by atoms with Crippen LogP contribution < -0.4 is 0 Å². The molecule has 1 saturated heterocycles. The van der Waals surface area contributed by atoms with Crippen molar-refractivity contribution in [3.8, 4) is 0 Å². The van der Waals surface area contributed by atoms with E-state index in [-0.39, 0.29) is 6.04 Å². The van der Waals surface area contributed by atoms with Gasteiger partial charge in [0.15, 0.2) is 0 Å². The second-order valence-electron chi connectivity index (χ2n) is 5.84. The topological polar surface area (TPSA) is 45.1 Å². The highest BCUT2D eigenvalue weighted by atomic mass is 35.5. The number of benzene rings is 1. The van der Waals surface area contributed by atoms with E-state index in [0.717, 1.165) is 38.4 Å². The van der Waals surface area contributed by atoms with Gasteiger partial charge >= 0.3 is 0 Å². The number of likely N-dealkylation sites (N-methyl/N-ethyl adjacent to an activating group) is 1. The Balaban J connectivity index is 1.83. The van der Waals surface area contributed by atoms with Crippen molar-refractivity contribution in [1.82, 2.24) is 9.80 Å². The van der Waals surface area contributed by atoms with Gasteiger partial charge in [-0.3, -0.25) is 4.90 Å². The number of hydrogen-bond donors (Lipinski definition) is 0. The van der Waals surface area contributed by atoms with Gasteiger partial charge in [0, 0.05) is 26.7 Å². The summed E-state index contributed by atoms with van der Waals surface area (Å²) in [5, 5.41) is 3.72. The van der Waals surface area contributed by atoms with Crippen LogP contribution in [0.15, 0.2) is 52.3 Å². The van der Waals surface area contributed by atoms with E-state index in [1.54, 1.807) is 6.07 Å². The van der Waals surface area contributed by atoms with E-state index in [1.165, 1.54) is 5.57 Å². The second-order valence-corrected chi connectivity index (χ2v) is 6.23. The molecular formula is C17H20ClN3O2. The van der Waals surface area contributed by atoms with Gasteiger partial charge in [0.1, 0.15) is 10.8 Å². The number of nitrogens with zero attached hydrogens (tertiary/aromatic N) is 3. The lowest BCUT2D eigenvalue weighted by Crippen LogP contribution is -2.38. The monoisotopic (exact) mass is 333 g/mol. The molecule has 1 fully saturated rings. The van der Waals surface area contributed by atoms with Crippen LogP contribution in [0.25, 0.3) is 0 Å². The van der Waals surface area contributed by atoms with Gasteiger partial charge in [-0.25, -0.2) is 0 Å². The van der Waals surface area contributed by atoms with Gasteiger partial charge in [-0.1, -0.05) is 29.8 Å². The molecule has 0 radical (unpaired) electrons. The summed E-state index contributed by atoms with van der Waals surface area (Å²) in [7, 11) is 1.95. The summed E-state index contributed by atoms with van der Waals surface area (Å²) in [5.41, 5.74) is 2.63. The van der Waals surface area contributed by atoms with Crippen molar-refractivity contribution in [2.75, 3.05) is 39.9 Å². The highest BCUT2D eigenvalue weighted by Gasteiger charge is 2.23. The molecule has 0 N–H and O–H groups in total. The van der Waals surface area contributed by atoms with Crippen LogP contribution in [0, 0.1) is 4.91 Å². The molecule has 5 nitrogen and oxygen atoms in total. The summed E-state index contributed by atoms with van der Waals surface area (Å²) in [6.07, 6.45) is 4.21. The lowest BCUT2D eigenvalue weighted by molar-refractivity contribution is 0.0424. The second kappa shape index (κ2) is 7.25. The first-order chi connectivity index (χ1) is 11.2. The van der Waals surface area contributed by atoms with Crippen LogP contribution >= 0.6 is 11.6 Å². The Bertz CT molecular complexity index is 638. The molecular weight excluding hydrogens is 314 g/mol. The predicted molar refractivity (Wildman–Crippen MR) is 91.7 cm³/mol. The zero-order valence-electron chi connectivity index (χ0n) is 13.1. The third kappa shape index (κ3) is 3.80.